The molecule has 2 aromatic carbocycles. The van der Waals surface area contributed by atoms with Crippen LogP contribution in [0.25, 0.3) is 20.2 Å². The summed E-state index contributed by atoms with van der Waals surface area (Å²) in [6.45, 7) is 0. The van der Waals surface area contributed by atoms with Crippen LogP contribution in [0.4, 0.5) is 0 Å². The van der Waals surface area contributed by atoms with Gasteiger partial charge in [-0.2, -0.15) is 0 Å². The zero-order valence-corrected chi connectivity index (χ0v) is 9.96. The molecule has 0 amide bonds. The first-order valence-electron chi connectivity index (χ1n) is 4.52. The van der Waals surface area contributed by atoms with Crippen LogP contribution in [-0.4, -0.2) is 0 Å². The van der Waals surface area contributed by atoms with Gasteiger partial charge in [-0.25, -0.2) is 0 Å². The molecule has 0 nitrogen and oxygen atoms in total. The lowest BCUT2D eigenvalue weighted by Gasteiger charge is -1.95. The van der Waals surface area contributed by atoms with Gasteiger partial charge in [-0.3, -0.25) is 0 Å². The van der Waals surface area contributed by atoms with Crippen molar-refractivity contribution in [3.8, 4) is 0 Å². The lowest BCUT2D eigenvalue weighted by molar-refractivity contribution is 1.83. The molecule has 0 aliphatic heterocycles. The molecular formula is C12H6Cl2S. The fourth-order valence-corrected chi connectivity index (χ4v) is 3.24. The molecule has 1 heterocycles. The zero-order chi connectivity index (χ0) is 10.4. The Balaban J connectivity index is 2.56. The molecule has 0 saturated carbocycles. The molecule has 0 aliphatic rings. The molecule has 0 N–H and O–H groups in total. The van der Waals surface area contributed by atoms with E-state index in [1.807, 2.05) is 24.3 Å². The minimum absolute atomic E-state index is 0.618. The summed E-state index contributed by atoms with van der Waals surface area (Å²) in [5.41, 5.74) is 0. The van der Waals surface area contributed by atoms with E-state index >= 15 is 0 Å². The Hall–Kier alpha value is -0.760. The summed E-state index contributed by atoms with van der Waals surface area (Å²) in [4.78, 5) is 0. The Kier molecular flexibility index (Phi) is 2.13. The van der Waals surface area contributed by atoms with E-state index in [1.165, 1.54) is 20.2 Å². The highest BCUT2D eigenvalue weighted by Gasteiger charge is 2.07. The number of rotatable bonds is 0. The monoisotopic (exact) mass is 252 g/mol. The topological polar surface area (TPSA) is 0 Å². The average molecular weight is 253 g/mol. The van der Waals surface area contributed by atoms with Crippen molar-refractivity contribution in [3.05, 3.63) is 46.4 Å². The summed E-state index contributed by atoms with van der Waals surface area (Å²) in [5.74, 6) is 0. The quantitative estimate of drug-likeness (QED) is 0.505. The maximum Gasteiger partial charge on any atom is 0.0606 e. The van der Waals surface area contributed by atoms with Crippen molar-refractivity contribution in [3.63, 3.8) is 0 Å². The number of benzene rings is 2. The average Bonchev–Trinajstić information content (AvgIpc) is 2.57. The molecule has 0 aliphatic carbocycles. The van der Waals surface area contributed by atoms with Gasteiger partial charge in [0.15, 0.2) is 0 Å². The maximum absolute atomic E-state index is 6.02. The van der Waals surface area contributed by atoms with Gasteiger partial charge in [-0.15, -0.1) is 11.3 Å². The fourth-order valence-electron chi connectivity index (χ4n) is 1.72. The minimum atomic E-state index is 0.618. The summed E-state index contributed by atoms with van der Waals surface area (Å²) in [6, 6.07) is 12.2. The highest BCUT2D eigenvalue weighted by Crippen LogP contribution is 2.37. The Labute approximate surface area is 101 Å². The molecule has 3 heteroatoms. The molecular weight excluding hydrogens is 247 g/mol. The molecule has 0 radical (unpaired) electrons. The zero-order valence-electron chi connectivity index (χ0n) is 7.63. The van der Waals surface area contributed by atoms with Crippen LogP contribution in [0, 0.1) is 0 Å². The van der Waals surface area contributed by atoms with Gasteiger partial charge in [0.2, 0.25) is 0 Å². The van der Waals surface area contributed by atoms with Crippen LogP contribution in [0.5, 0.6) is 0 Å². The molecule has 3 aromatic rings. The number of fused-ring (bicyclic) bond motifs is 3. The van der Waals surface area contributed by atoms with Crippen molar-refractivity contribution in [1.29, 1.82) is 0 Å². The van der Waals surface area contributed by atoms with Gasteiger partial charge in [0, 0.05) is 20.2 Å². The van der Waals surface area contributed by atoms with Crippen molar-refractivity contribution >= 4 is 54.7 Å². The largest absolute Gasteiger partial charge is 0.135 e. The summed E-state index contributed by atoms with van der Waals surface area (Å²) in [7, 11) is 0. The standard InChI is InChI=1S/C12H6Cl2S/c13-9-5-8-7-3-1-2-4-11(7)15-12(8)6-10(9)14/h1-6H. The van der Waals surface area contributed by atoms with E-state index in [1.54, 1.807) is 11.3 Å². The molecule has 3 rings (SSSR count). The lowest BCUT2D eigenvalue weighted by atomic mass is 10.1. The smallest absolute Gasteiger partial charge is 0.0606 e. The fraction of sp³-hybridized carbons (Fsp3) is 0. The van der Waals surface area contributed by atoms with Gasteiger partial charge in [0.05, 0.1) is 10.0 Å². The third-order valence-electron chi connectivity index (χ3n) is 2.42. The highest BCUT2D eigenvalue weighted by molar-refractivity contribution is 7.25. The predicted octanol–water partition coefficient (Wildman–Crippen LogP) is 5.36. The van der Waals surface area contributed by atoms with Crippen LogP contribution in [0.15, 0.2) is 36.4 Å². The van der Waals surface area contributed by atoms with Gasteiger partial charge in [0.1, 0.15) is 0 Å². The first kappa shape index (κ1) is 9.46. The van der Waals surface area contributed by atoms with Crippen LogP contribution >= 0.6 is 34.5 Å². The van der Waals surface area contributed by atoms with Gasteiger partial charge < -0.3 is 0 Å². The second-order valence-electron chi connectivity index (χ2n) is 3.36. The molecule has 1 aromatic heterocycles. The molecule has 0 unspecified atom stereocenters. The van der Waals surface area contributed by atoms with Gasteiger partial charge in [-0.1, -0.05) is 41.4 Å². The molecule has 15 heavy (non-hydrogen) atoms. The second-order valence-corrected chi connectivity index (χ2v) is 5.26. The van der Waals surface area contributed by atoms with Gasteiger partial charge >= 0.3 is 0 Å². The van der Waals surface area contributed by atoms with Crippen molar-refractivity contribution < 1.29 is 0 Å². The summed E-state index contributed by atoms with van der Waals surface area (Å²) >= 11 is 13.7. The lowest BCUT2D eigenvalue weighted by Crippen LogP contribution is -1.69. The first-order chi connectivity index (χ1) is 7.25. The first-order valence-corrected chi connectivity index (χ1v) is 6.09. The second kappa shape index (κ2) is 3.38. The SMILES string of the molecule is Clc1cc2sc3ccccc3c2cc1Cl. The van der Waals surface area contributed by atoms with Crippen LogP contribution in [-0.2, 0) is 0 Å². The van der Waals surface area contributed by atoms with E-state index in [9.17, 15) is 0 Å². The molecule has 0 saturated heterocycles. The van der Waals surface area contributed by atoms with Crippen molar-refractivity contribution in [1.82, 2.24) is 0 Å². The Bertz CT molecular complexity index is 655. The van der Waals surface area contributed by atoms with E-state index in [0.29, 0.717) is 10.0 Å². The number of thiophene rings is 1. The predicted molar refractivity (Wildman–Crippen MR) is 69.4 cm³/mol. The van der Waals surface area contributed by atoms with E-state index in [4.69, 9.17) is 23.2 Å². The van der Waals surface area contributed by atoms with Crippen LogP contribution in [0.2, 0.25) is 10.0 Å². The minimum Gasteiger partial charge on any atom is -0.135 e. The maximum atomic E-state index is 6.02. The Morgan fingerprint density at radius 2 is 1.53 bits per heavy atom. The van der Waals surface area contributed by atoms with E-state index in [0.717, 1.165) is 0 Å². The van der Waals surface area contributed by atoms with Crippen LogP contribution < -0.4 is 0 Å². The van der Waals surface area contributed by atoms with Crippen molar-refractivity contribution in [2.75, 3.05) is 0 Å². The molecule has 0 spiro atoms. The van der Waals surface area contributed by atoms with Crippen LogP contribution in [0.1, 0.15) is 0 Å². The molecule has 74 valence electrons. The van der Waals surface area contributed by atoms with Crippen molar-refractivity contribution in [2.45, 2.75) is 0 Å². The molecule has 0 bridgehead atoms. The molecule has 0 fully saturated rings. The number of hydrogen-bond donors (Lipinski definition) is 0. The summed E-state index contributed by atoms with van der Waals surface area (Å²) in [6.07, 6.45) is 0. The van der Waals surface area contributed by atoms with Gasteiger partial charge in [-0.05, 0) is 18.2 Å². The summed E-state index contributed by atoms with van der Waals surface area (Å²) < 4.78 is 2.46. The van der Waals surface area contributed by atoms with Crippen molar-refractivity contribution in [2.24, 2.45) is 0 Å². The Morgan fingerprint density at radius 1 is 0.800 bits per heavy atom. The highest BCUT2D eigenvalue weighted by atomic mass is 35.5. The van der Waals surface area contributed by atoms with E-state index < -0.39 is 0 Å². The number of hydrogen-bond acceptors (Lipinski definition) is 1. The van der Waals surface area contributed by atoms with Gasteiger partial charge in [0.25, 0.3) is 0 Å². The summed E-state index contributed by atoms with van der Waals surface area (Å²) in [5, 5.41) is 3.67. The Morgan fingerprint density at radius 3 is 2.40 bits per heavy atom. The molecule has 0 atom stereocenters. The third-order valence-corrected chi connectivity index (χ3v) is 4.28. The number of halogens is 2. The van der Waals surface area contributed by atoms with E-state index in [-0.39, 0.29) is 0 Å². The normalized spacial score (nSPS) is 11.3. The van der Waals surface area contributed by atoms with Crippen LogP contribution in [0.3, 0.4) is 0 Å². The van der Waals surface area contributed by atoms with E-state index in [2.05, 4.69) is 12.1 Å². The third kappa shape index (κ3) is 1.43.